The number of esters is 1. The van der Waals surface area contributed by atoms with Gasteiger partial charge >= 0.3 is 5.97 Å². The molecule has 0 saturated heterocycles. The Balaban J connectivity index is 1.82. The van der Waals surface area contributed by atoms with Gasteiger partial charge in [-0.05, 0) is 73.1 Å². The van der Waals surface area contributed by atoms with Gasteiger partial charge in [0.2, 0.25) is 0 Å². The number of ether oxygens (including phenoxy) is 2. The second kappa shape index (κ2) is 10.1. The molecule has 0 heterocycles. The molecule has 2 aromatic carbocycles. The summed E-state index contributed by atoms with van der Waals surface area (Å²) < 4.78 is 10.1. The fourth-order valence-corrected chi connectivity index (χ4v) is 2.96. The monoisotopic (exact) mass is 398 g/mol. The number of aryl methyl sites for hydroxylation is 2. The second-order valence-corrected chi connectivity index (χ2v) is 6.67. The summed E-state index contributed by atoms with van der Waals surface area (Å²) in [6.45, 7) is 2.84. The van der Waals surface area contributed by atoms with Gasteiger partial charge in [0.25, 0.3) is 5.91 Å². The number of nitrogens with zero attached hydrogens (tertiary/aromatic N) is 1. The standard InChI is InChI=1S/C20H18N2O5S/c1-13-7-17(28-12-21)8-14(2)20(13)22-18(24)10-27-19(25)11-26-16-5-3-15(9-23)4-6-16/h3-9H,10-11H2,1-2H3,(H,22,24). The van der Waals surface area contributed by atoms with Crippen molar-refractivity contribution in [3.63, 3.8) is 0 Å². The van der Waals surface area contributed by atoms with Crippen LogP contribution >= 0.6 is 11.8 Å². The molecule has 0 aliphatic rings. The van der Waals surface area contributed by atoms with Gasteiger partial charge < -0.3 is 14.8 Å². The van der Waals surface area contributed by atoms with Gasteiger partial charge in [-0.3, -0.25) is 9.59 Å². The third-order valence-electron chi connectivity index (χ3n) is 3.67. The SMILES string of the molecule is Cc1cc(SC#N)cc(C)c1NC(=O)COC(=O)COc1ccc(C=O)cc1. The van der Waals surface area contributed by atoms with Crippen LogP contribution in [0.3, 0.4) is 0 Å². The predicted molar refractivity (Wildman–Crippen MR) is 104 cm³/mol. The quantitative estimate of drug-likeness (QED) is 0.315. The van der Waals surface area contributed by atoms with Gasteiger partial charge in [0.1, 0.15) is 17.4 Å². The molecule has 0 saturated carbocycles. The van der Waals surface area contributed by atoms with E-state index in [1.807, 2.05) is 19.2 Å². The lowest BCUT2D eigenvalue weighted by atomic mass is 10.1. The van der Waals surface area contributed by atoms with E-state index in [2.05, 4.69) is 5.32 Å². The van der Waals surface area contributed by atoms with Crippen LogP contribution in [0.25, 0.3) is 0 Å². The summed E-state index contributed by atoms with van der Waals surface area (Å²) in [5.41, 5.74) is 2.73. The maximum absolute atomic E-state index is 12.1. The van der Waals surface area contributed by atoms with Crippen molar-refractivity contribution >= 4 is 35.6 Å². The average molecular weight is 398 g/mol. The average Bonchev–Trinajstić information content (AvgIpc) is 2.68. The van der Waals surface area contributed by atoms with Gasteiger partial charge in [0.05, 0.1) is 0 Å². The zero-order valence-corrected chi connectivity index (χ0v) is 16.2. The van der Waals surface area contributed by atoms with Gasteiger partial charge in [-0.2, -0.15) is 5.26 Å². The molecule has 0 unspecified atom stereocenters. The van der Waals surface area contributed by atoms with Gasteiger partial charge in [0, 0.05) is 16.1 Å². The number of hydrogen-bond donors (Lipinski definition) is 1. The second-order valence-electron chi connectivity index (χ2n) is 5.81. The number of amides is 1. The molecule has 0 spiro atoms. The molecule has 8 heteroatoms. The predicted octanol–water partition coefficient (Wildman–Crippen LogP) is 3.25. The van der Waals surface area contributed by atoms with Crippen molar-refractivity contribution in [1.82, 2.24) is 0 Å². The van der Waals surface area contributed by atoms with Crippen LogP contribution in [0, 0.1) is 24.5 Å². The van der Waals surface area contributed by atoms with E-state index in [1.165, 1.54) is 0 Å². The van der Waals surface area contributed by atoms with Gasteiger partial charge in [-0.25, -0.2) is 4.79 Å². The fraction of sp³-hybridized carbons (Fsp3) is 0.200. The van der Waals surface area contributed by atoms with E-state index in [1.54, 1.807) is 36.4 Å². The van der Waals surface area contributed by atoms with Crippen LogP contribution in [0.2, 0.25) is 0 Å². The Labute approximate surface area is 166 Å². The summed E-state index contributed by atoms with van der Waals surface area (Å²) in [7, 11) is 0. The zero-order valence-electron chi connectivity index (χ0n) is 15.4. The molecule has 28 heavy (non-hydrogen) atoms. The topological polar surface area (TPSA) is 105 Å². The van der Waals surface area contributed by atoms with Crippen LogP contribution in [0.1, 0.15) is 21.5 Å². The van der Waals surface area contributed by atoms with E-state index in [0.717, 1.165) is 27.8 Å². The first-order chi connectivity index (χ1) is 13.4. The maximum Gasteiger partial charge on any atom is 0.344 e. The molecule has 0 aliphatic heterocycles. The van der Waals surface area contributed by atoms with Crippen LogP contribution in [-0.4, -0.2) is 31.4 Å². The van der Waals surface area contributed by atoms with Crippen molar-refractivity contribution in [3.05, 3.63) is 53.1 Å². The Morgan fingerprint density at radius 1 is 1.14 bits per heavy atom. The lowest BCUT2D eigenvalue weighted by Crippen LogP contribution is -2.24. The van der Waals surface area contributed by atoms with Gasteiger partial charge in [0.15, 0.2) is 13.2 Å². The summed E-state index contributed by atoms with van der Waals surface area (Å²) in [5, 5.41) is 13.5. The normalized spacial score (nSPS) is 9.89. The maximum atomic E-state index is 12.1. The molecular weight excluding hydrogens is 380 g/mol. The number of thiocyanates is 1. The van der Waals surface area contributed by atoms with Crippen LogP contribution in [0.15, 0.2) is 41.3 Å². The van der Waals surface area contributed by atoms with Crippen molar-refractivity contribution in [3.8, 4) is 11.2 Å². The van der Waals surface area contributed by atoms with Crippen LogP contribution < -0.4 is 10.1 Å². The first-order valence-electron chi connectivity index (χ1n) is 8.23. The van der Waals surface area contributed by atoms with Crippen molar-refractivity contribution in [2.75, 3.05) is 18.5 Å². The van der Waals surface area contributed by atoms with Crippen molar-refractivity contribution in [1.29, 1.82) is 5.26 Å². The minimum atomic E-state index is -0.691. The smallest absolute Gasteiger partial charge is 0.344 e. The number of anilines is 1. The number of aldehydes is 1. The van der Waals surface area contributed by atoms with E-state index in [-0.39, 0.29) is 6.61 Å². The molecular formula is C20H18N2O5S. The molecule has 1 amide bonds. The highest BCUT2D eigenvalue weighted by molar-refractivity contribution is 8.03. The van der Waals surface area contributed by atoms with Crippen molar-refractivity contribution in [2.24, 2.45) is 0 Å². The molecule has 1 N–H and O–H groups in total. The number of carbonyl (C=O) groups is 3. The van der Waals surface area contributed by atoms with E-state index < -0.39 is 18.5 Å². The first kappa shape index (κ1) is 21.0. The number of carbonyl (C=O) groups excluding carboxylic acids is 3. The van der Waals surface area contributed by atoms with Gasteiger partial charge in [-0.1, -0.05) is 0 Å². The number of hydrogen-bond acceptors (Lipinski definition) is 7. The van der Waals surface area contributed by atoms with E-state index >= 15 is 0 Å². The summed E-state index contributed by atoms with van der Waals surface area (Å²) in [6.07, 6.45) is 0.704. The van der Waals surface area contributed by atoms with E-state index in [4.69, 9.17) is 14.7 Å². The molecule has 0 radical (unpaired) electrons. The highest BCUT2D eigenvalue weighted by Crippen LogP contribution is 2.27. The van der Waals surface area contributed by atoms with Crippen LogP contribution in [-0.2, 0) is 14.3 Å². The number of nitriles is 1. The molecule has 0 fully saturated rings. The van der Waals surface area contributed by atoms with Crippen LogP contribution in [0.4, 0.5) is 5.69 Å². The Kier molecular flexibility index (Phi) is 7.60. The summed E-state index contributed by atoms with van der Waals surface area (Å²) >= 11 is 1.04. The Hall–Kier alpha value is -3.31. The highest BCUT2D eigenvalue weighted by Gasteiger charge is 2.12. The van der Waals surface area contributed by atoms with Crippen LogP contribution in [0.5, 0.6) is 5.75 Å². The van der Waals surface area contributed by atoms with Crippen molar-refractivity contribution in [2.45, 2.75) is 18.7 Å². The third-order valence-corrected chi connectivity index (χ3v) is 4.23. The largest absolute Gasteiger partial charge is 0.482 e. The minimum absolute atomic E-state index is 0.355. The fourth-order valence-electron chi connectivity index (χ4n) is 2.38. The Morgan fingerprint density at radius 3 is 2.36 bits per heavy atom. The first-order valence-corrected chi connectivity index (χ1v) is 9.05. The molecule has 0 atom stereocenters. The van der Waals surface area contributed by atoms with E-state index in [9.17, 15) is 14.4 Å². The third kappa shape index (κ3) is 6.14. The Bertz CT molecular complexity index is 896. The van der Waals surface area contributed by atoms with Crippen molar-refractivity contribution < 1.29 is 23.9 Å². The zero-order chi connectivity index (χ0) is 20.5. The lowest BCUT2D eigenvalue weighted by Gasteiger charge is -2.13. The molecule has 0 bridgehead atoms. The molecule has 144 valence electrons. The van der Waals surface area contributed by atoms with E-state index in [0.29, 0.717) is 23.3 Å². The number of nitrogens with one attached hydrogen (secondary N) is 1. The summed E-state index contributed by atoms with van der Waals surface area (Å²) in [4.78, 5) is 35.2. The molecule has 2 rings (SSSR count). The summed E-state index contributed by atoms with van der Waals surface area (Å²) in [6, 6.07) is 9.84. The molecule has 2 aromatic rings. The van der Waals surface area contributed by atoms with Gasteiger partial charge in [-0.15, -0.1) is 0 Å². The Morgan fingerprint density at radius 2 is 1.79 bits per heavy atom. The number of benzene rings is 2. The minimum Gasteiger partial charge on any atom is -0.482 e. The molecule has 7 nitrogen and oxygen atoms in total. The lowest BCUT2D eigenvalue weighted by molar-refractivity contribution is -0.149. The number of rotatable bonds is 8. The molecule has 0 aromatic heterocycles. The highest BCUT2D eigenvalue weighted by atomic mass is 32.2. The number of thioether (sulfide) groups is 1. The summed E-state index contributed by atoms with van der Waals surface area (Å²) in [5.74, 6) is -0.757. The molecule has 0 aliphatic carbocycles.